The minimum Gasteiger partial charge on any atom is -0.508 e. The molecular formula is C16H15ClO4. The lowest BCUT2D eigenvalue weighted by Crippen LogP contribution is -2.04. The lowest BCUT2D eigenvalue weighted by Gasteiger charge is -2.11. The minimum absolute atomic E-state index is 0.0939. The van der Waals surface area contributed by atoms with Gasteiger partial charge in [-0.25, -0.2) is 0 Å². The van der Waals surface area contributed by atoms with Gasteiger partial charge < -0.3 is 14.6 Å². The molecule has 5 heteroatoms. The fourth-order valence-corrected chi connectivity index (χ4v) is 2.27. The largest absolute Gasteiger partial charge is 0.508 e. The molecule has 0 bridgehead atoms. The molecule has 0 heterocycles. The van der Waals surface area contributed by atoms with Crippen LogP contribution in [-0.4, -0.2) is 25.1 Å². The third kappa shape index (κ3) is 3.47. The summed E-state index contributed by atoms with van der Waals surface area (Å²) in [7, 11) is 2.98. The van der Waals surface area contributed by atoms with Crippen LogP contribution in [0.1, 0.15) is 15.9 Å². The molecular weight excluding hydrogens is 292 g/mol. The second-order valence-electron chi connectivity index (χ2n) is 4.46. The molecule has 2 aromatic carbocycles. The summed E-state index contributed by atoms with van der Waals surface area (Å²) in [4.78, 5) is 12.3. The van der Waals surface area contributed by atoms with Gasteiger partial charge in [-0.15, -0.1) is 0 Å². The number of hydrogen-bond donors (Lipinski definition) is 1. The zero-order chi connectivity index (χ0) is 15.4. The summed E-state index contributed by atoms with van der Waals surface area (Å²) in [6, 6.07) is 9.67. The van der Waals surface area contributed by atoms with E-state index in [2.05, 4.69) is 0 Å². The van der Waals surface area contributed by atoms with Crippen LogP contribution in [-0.2, 0) is 6.42 Å². The highest BCUT2D eigenvalue weighted by Gasteiger charge is 2.15. The maximum absolute atomic E-state index is 12.3. The Kier molecular flexibility index (Phi) is 4.70. The number of phenolic OH excluding ortho intramolecular Hbond substituents is 1. The summed E-state index contributed by atoms with van der Waals surface area (Å²) in [6.07, 6.45) is 0.214. The van der Waals surface area contributed by atoms with Crippen molar-refractivity contribution in [2.45, 2.75) is 6.42 Å². The Hall–Kier alpha value is -2.20. The van der Waals surface area contributed by atoms with Crippen LogP contribution >= 0.6 is 11.6 Å². The van der Waals surface area contributed by atoms with Crippen LogP contribution < -0.4 is 9.47 Å². The van der Waals surface area contributed by atoms with Crippen molar-refractivity contribution >= 4 is 17.4 Å². The lowest BCUT2D eigenvalue weighted by molar-refractivity contribution is 0.0992. The first kappa shape index (κ1) is 15.2. The number of Topliss-reactive ketones (excluding diaryl/α,β-unsaturated/α-hetero) is 1. The van der Waals surface area contributed by atoms with E-state index in [1.807, 2.05) is 0 Å². The number of rotatable bonds is 5. The first-order chi connectivity index (χ1) is 10.0. The molecule has 0 aliphatic carbocycles. The van der Waals surface area contributed by atoms with Crippen LogP contribution in [0.5, 0.6) is 17.2 Å². The minimum atomic E-state index is -0.0939. The van der Waals surface area contributed by atoms with Gasteiger partial charge in [0.1, 0.15) is 5.75 Å². The first-order valence-corrected chi connectivity index (χ1v) is 6.65. The number of phenols is 1. The first-order valence-electron chi connectivity index (χ1n) is 6.27. The monoisotopic (exact) mass is 306 g/mol. The van der Waals surface area contributed by atoms with E-state index in [4.69, 9.17) is 21.1 Å². The second kappa shape index (κ2) is 6.50. The molecule has 0 aromatic heterocycles. The molecule has 0 atom stereocenters. The van der Waals surface area contributed by atoms with Crippen molar-refractivity contribution in [3.05, 3.63) is 52.5 Å². The molecule has 0 spiro atoms. The van der Waals surface area contributed by atoms with E-state index in [1.165, 1.54) is 14.2 Å². The number of ketones is 1. The summed E-state index contributed by atoms with van der Waals surface area (Å²) in [5.41, 5.74) is 1.26. The van der Waals surface area contributed by atoms with Gasteiger partial charge in [-0.1, -0.05) is 23.7 Å². The van der Waals surface area contributed by atoms with Gasteiger partial charge >= 0.3 is 0 Å². The Morgan fingerprint density at radius 3 is 2.38 bits per heavy atom. The number of carbonyl (C=O) groups excluding carboxylic acids is 1. The van der Waals surface area contributed by atoms with Gasteiger partial charge in [0.2, 0.25) is 0 Å². The number of carbonyl (C=O) groups is 1. The average molecular weight is 307 g/mol. The summed E-state index contributed by atoms with van der Waals surface area (Å²) in [5.74, 6) is 0.892. The third-order valence-electron chi connectivity index (χ3n) is 3.06. The maximum Gasteiger partial charge on any atom is 0.179 e. The topological polar surface area (TPSA) is 55.8 Å². The molecule has 0 aliphatic rings. The number of halogens is 1. The van der Waals surface area contributed by atoms with E-state index in [9.17, 15) is 9.90 Å². The second-order valence-corrected chi connectivity index (χ2v) is 4.87. The zero-order valence-corrected chi connectivity index (χ0v) is 12.5. The predicted molar refractivity (Wildman–Crippen MR) is 80.7 cm³/mol. The van der Waals surface area contributed by atoms with Crippen LogP contribution in [0, 0.1) is 0 Å². The van der Waals surface area contributed by atoms with Gasteiger partial charge in [-0.3, -0.25) is 4.79 Å². The Morgan fingerprint density at radius 2 is 1.81 bits per heavy atom. The Balaban J connectivity index is 2.27. The summed E-state index contributed by atoms with van der Waals surface area (Å²) in [6.45, 7) is 0. The van der Waals surface area contributed by atoms with Crippen LogP contribution in [0.3, 0.4) is 0 Å². The van der Waals surface area contributed by atoms with Crippen LogP contribution in [0.2, 0.25) is 5.02 Å². The van der Waals surface area contributed by atoms with Crippen molar-refractivity contribution in [2.75, 3.05) is 14.2 Å². The molecule has 1 N–H and O–H groups in total. The molecule has 2 aromatic rings. The highest BCUT2D eigenvalue weighted by molar-refractivity contribution is 6.32. The fourth-order valence-electron chi connectivity index (χ4n) is 1.98. The molecule has 0 saturated carbocycles. The van der Waals surface area contributed by atoms with Crippen LogP contribution in [0.4, 0.5) is 0 Å². The number of ether oxygens (including phenoxy) is 2. The summed E-state index contributed by atoms with van der Waals surface area (Å²) in [5, 5.41) is 9.56. The molecule has 110 valence electrons. The Morgan fingerprint density at radius 1 is 1.14 bits per heavy atom. The van der Waals surface area contributed by atoms with E-state index in [0.29, 0.717) is 22.1 Å². The van der Waals surface area contributed by atoms with Crippen molar-refractivity contribution in [3.8, 4) is 17.2 Å². The molecule has 0 unspecified atom stereocenters. The van der Waals surface area contributed by atoms with Gasteiger partial charge in [0, 0.05) is 12.0 Å². The molecule has 0 aliphatic heterocycles. The van der Waals surface area contributed by atoms with Gasteiger partial charge in [0.05, 0.1) is 19.2 Å². The zero-order valence-electron chi connectivity index (χ0n) is 11.7. The number of aromatic hydroxyl groups is 1. The molecule has 0 saturated heterocycles. The quantitative estimate of drug-likeness (QED) is 0.859. The molecule has 0 radical (unpaired) electrons. The number of benzene rings is 2. The molecule has 2 rings (SSSR count). The summed E-state index contributed by atoms with van der Waals surface area (Å²) >= 11 is 6.09. The van der Waals surface area contributed by atoms with E-state index in [1.54, 1.807) is 36.4 Å². The van der Waals surface area contributed by atoms with E-state index in [-0.39, 0.29) is 18.0 Å². The van der Waals surface area contributed by atoms with Crippen molar-refractivity contribution in [2.24, 2.45) is 0 Å². The lowest BCUT2D eigenvalue weighted by atomic mass is 10.0. The summed E-state index contributed by atoms with van der Waals surface area (Å²) < 4.78 is 10.3. The number of hydrogen-bond acceptors (Lipinski definition) is 4. The third-order valence-corrected chi connectivity index (χ3v) is 3.34. The highest BCUT2D eigenvalue weighted by atomic mass is 35.5. The van der Waals surface area contributed by atoms with Crippen LogP contribution in [0.15, 0.2) is 36.4 Å². The molecule has 0 amide bonds. The van der Waals surface area contributed by atoms with E-state index < -0.39 is 0 Å². The SMILES string of the molecule is COc1cc(C(=O)Cc2ccc(O)cc2)cc(Cl)c1OC. The highest BCUT2D eigenvalue weighted by Crippen LogP contribution is 2.36. The Bertz CT molecular complexity index is 650. The molecule has 21 heavy (non-hydrogen) atoms. The standard InChI is InChI=1S/C16H15ClO4/c1-20-15-9-11(8-13(17)16(15)21-2)14(19)7-10-3-5-12(18)6-4-10/h3-6,8-9,18H,7H2,1-2H3. The smallest absolute Gasteiger partial charge is 0.179 e. The van der Waals surface area contributed by atoms with Gasteiger partial charge in [-0.2, -0.15) is 0 Å². The van der Waals surface area contributed by atoms with Crippen LogP contribution in [0.25, 0.3) is 0 Å². The van der Waals surface area contributed by atoms with E-state index >= 15 is 0 Å². The Labute approximate surface area is 127 Å². The van der Waals surface area contributed by atoms with Crippen molar-refractivity contribution in [1.29, 1.82) is 0 Å². The normalized spacial score (nSPS) is 10.2. The van der Waals surface area contributed by atoms with Crippen molar-refractivity contribution < 1.29 is 19.4 Å². The fraction of sp³-hybridized carbons (Fsp3) is 0.188. The van der Waals surface area contributed by atoms with Gasteiger partial charge in [-0.05, 0) is 29.8 Å². The average Bonchev–Trinajstić information content (AvgIpc) is 2.48. The van der Waals surface area contributed by atoms with Gasteiger partial charge in [0.15, 0.2) is 17.3 Å². The molecule has 4 nitrogen and oxygen atoms in total. The predicted octanol–water partition coefficient (Wildman–Crippen LogP) is 3.49. The van der Waals surface area contributed by atoms with E-state index in [0.717, 1.165) is 5.56 Å². The molecule has 0 fully saturated rings. The van der Waals surface area contributed by atoms with Gasteiger partial charge in [0.25, 0.3) is 0 Å². The van der Waals surface area contributed by atoms with Crippen molar-refractivity contribution in [1.82, 2.24) is 0 Å². The maximum atomic E-state index is 12.3. The van der Waals surface area contributed by atoms with Crippen molar-refractivity contribution in [3.63, 3.8) is 0 Å². The number of methoxy groups -OCH3 is 2.